The fourth-order valence-electron chi connectivity index (χ4n) is 3.09. The van der Waals surface area contributed by atoms with Crippen LogP contribution < -0.4 is 4.90 Å². The molecule has 5 nitrogen and oxygen atoms in total. The number of nitrogens with zero attached hydrogens (tertiary/aromatic N) is 3. The fraction of sp³-hybridized carbons (Fsp3) is 0.278. The highest BCUT2D eigenvalue weighted by molar-refractivity contribution is 7.16. The van der Waals surface area contributed by atoms with Crippen LogP contribution in [0.25, 0.3) is 10.2 Å². The lowest BCUT2D eigenvalue weighted by Gasteiger charge is -2.41. The maximum atomic E-state index is 11.5. The van der Waals surface area contributed by atoms with Crippen LogP contribution in [0.1, 0.15) is 27.8 Å². The van der Waals surface area contributed by atoms with Crippen molar-refractivity contribution in [3.63, 3.8) is 0 Å². The second kappa shape index (κ2) is 5.87. The van der Waals surface area contributed by atoms with E-state index in [1.54, 1.807) is 23.5 Å². The van der Waals surface area contributed by atoms with Gasteiger partial charge in [-0.25, -0.2) is 14.8 Å². The minimum atomic E-state index is -0.306. The van der Waals surface area contributed by atoms with Gasteiger partial charge in [-0.2, -0.15) is 0 Å². The first-order valence-electron chi connectivity index (χ1n) is 7.81. The quantitative estimate of drug-likeness (QED) is 0.685. The molecule has 2 aromatic heterocycles. The summed E-state index contributed by atoms with van der Waals surface area (Å²) in [6.45, 7) is 3.81. The first-order chi connectivity index (χ1) is 11.7. The zero-order valence-electron chi connectivity index (χ0n) is 13.5. The number of anilines is 1. The maximum absolute atomic E-state index is 11.5. The Morgan fingerprint density at radius 1 is 1.21 bits per heavy atom. The van der Waals surface area contributed by atoms with E-state index in [9.17, 15) is 4.79 Å². The second-order valence-electron chi connectivity index (χ2n) is 5.94. The summed E-state index contributed by atoms with van der Waals surface area (Å²) in [6.07, 6.45) is 0. The molecule has 6 heteroatoms. The SMILES string of the molecule is COC(=O)c1ccc(N2CC(c3nc(C)nc4sccc34)C2)cc1. The minimum Gasteiger partial charge on any atom is -0.465 e. The number of hydrogen-bond acceptors (Lipinski definition) is 6. The average molecular weight is 339 g/mol. The van der Waals surface area contributed by atoms with E-state index in [0.29, 0.717) is 11.5 Å². The summed E-state index contributed by atoms with van der Waals surface area (Å²) < 4.78 is 4.73. The van der Waals surface area contributed by atoms with Crippen LogP contribution in [-0.4, -0.2) is 36.1 Å². The smallest absolute Gasteiger partial charge is 0.337 e. The number of methoxy groups -OCH3 is 1. The van der Waals surface area contributed by atoms with Crippen molar-refractivity contribution in [2.75, 3.05) is 25.1 Å². The van der Waals surface area contributed by atoms with Gasteiger partial charge in [-0.3, -0.25) is 0 Å². The molecule has 0 saturated carbocycles. The molecule has 1 aromatic carbocycles. The van der Waals surface area contributed by atoms with E-state index in [0.717, 1.165) is 35.1 Å². The molecular formula is C18H17N3O2S. The van der Waals surface area contributed by atoms with Crippen molar-refractivity contribution >= 4 is 33.2 Å². The van der Waals surface area contributed by atoms with E-state index in [-0.39, 0.29) is 5.97 Å². The third kappa shape index (κ3) is 2.53. The number of carbonyl (C=O) groups is 1. The topological polar surface area (TPSA) is 55.3 Å². The number of rotatable bonds is 3. The first kappa shape index (κ1) is 15.1. The number of hydrogen-bond donors (Lipinski definition) is 0. The molecule has 122 valence electrons. The van der Waals surface area contributed by atoms with Crippen molar-refractivity contribution in [2.45, 2.75) is 12.8 Å². The lowest BCUT2D eigenvalue weighted by Crippen LogP contribution is -2.45. The number of esters is 1. The predicted molar refractivity (Wildman–Crippen MR) is 94.9 cm³/mol. The van der Waals surface area contributed by atoms with E-state index in [1.165, 1.54) is 12.5 Å². The van der Waals surface area contributed by atoms with E-state index < -0.39 is 0 Å². The summed E-state index contributed by atoms with van der Waals surface area (Å²) in [5.41, 5.74) is 2.84. The Hall–Kier alpha value is -2.47. The van der Waals surface area contributed by atoms with E-state index in [4.69, 9.17) is 4.74 Å². The Morgan fingerprint density at radius 3 is 2.67 bits per heavy atom. The molecule has 0 N–H and O–H groups in total. The predicted octanol–water partition coefficient (Wildman–Crippen LogP) is 3.39. The Morgan fingerprint density at radius 2 is 1.96 bits per heavy atom. The number of thiophene rings is 1. The molecule has 1 aliphatic rings. The van der Waals surface area contributed by atoms with Crippen LogP contribution in [0.2, 0.25) is 0 Å². The first-order valence-corrected chi connectivity index (χ1v) is 8.69. The summed E-state index contributed by atoms with van der Waals surface area (Å²) in [7, 11) is 1.39. The van der Waals surface area contributed by atoms with E-state index in [2.05, 4.69) is 26.3 Å². The number of benzene rings is 1. The van der Waals surface area contributed by atoms with Gasteiger partial charge in [-0.05, 0) is 42.6 Å². The fourth-order valence-corrected chi connectivity index (χ4v) is 3.91. The number of carbonyl (C=O) groups excluding carboxylic acids is 1. The summed E-state index contributed by atoms with van der Waals surface area (Å²) in [5.74, 6) is 0.948. The number of aryl methyl sites for hydroxylation is 1. The highest BCUT2D eigenvalue weighted by Gasteiger charge is 2.31. The normalized spacial score (nSPS) is 14.7. The van der Waals surface area contributed by atoms with Gasteiger partial charge in [0, 0.05) is 30.1 Å². The highest BCUT2D eigenvalue weighted by atomic mass is 32.1. The third-order valence-corrected chi connectivity index (χ3v) is 5.19. The maximum Gasteiger partial charge on any atom is 0.337 e. The Kier molecular flexibility index (Phi) is 3.69. The Balaban J connectivity index is 1.51. The zero-order chi connectivity index (χ0) is 16.7. The van der Waals surface area contributed by atoms with Gasteiger partial charge < -0.3 is 9.64 Å². The molecule has 3 aromatic rings. The van der Waals surface area contributed by atoms with Crippen molar-refractivity contribution in [2.24, 2.45) is 0 Å². The van der Waals surface area contributed by atoms with Crippen molar-refractivity contribution in [3.05, 3.63) is 52.8 Å². The molecule has 1 aliphatic heterocycles. The van der Waals surface area contributed by atoms with Crippen LogP contribution in [0.5, 0.6) is 0 Å². The lowest BCUT2D eigenvalue weighted by atomic mass is 9.93. The van der Waals surface area contributed by atoms with Crippen LogP contribution in [0.4, 0.5) is 5.69 Å². The molecule has 0 bridgehead atoms. The molecule has 0 amide bonds. The molecule has 0 radical (unpaired) electrons. The van der Waals surface area contributed by atoms with Gasteiger partial charge in [-0.15, -0.1) is 11.3 Å². The van der Waals surface area contributed by atoms with Crippen LogP contribution in [0.15, 0.2) is 35.7 Å². The molecule has 0 spiro atoms. The molecule has 1 fully saturated rings. The molecule has 0 unspecified atom stereocenters. The average Bonchev–Trinajstić information content (AvgIpc) is 3.01. The largest absolute Gasteiger partial charge is 0.465 e. The molecular weight excluding hydrogens is 322 g/mol. The van der Waals surface area contributed by atoms with Gasteiger partial charge >= 0.3 is 5.97 Å². The second-order valence-corrected chi connectivity index (χ2v) is 6.83. The Labute approximate surface area is 143 Å². The molecule has 4 rings (SSSR count). The summed E-state index contributed by atoms with van der Waals surface area (Å²) >= 11 is 1.66. The lowest BCUT2D eigenvalue weighted by molar-refractivity contribution is 0.0601. The molecule has 1 saturated heterocycles. The minimum absolute atomic E-state index is 0.306. The van der Waals surface area contributed by atoms with Gasteiger partial charge in [0.1, 0.15) is 10.7 Å². The molecule has 0 aliphatic carbocycles. The van der Waals surface area contributed by atoms with E-state index in [1.807, 2.05) is 19.1 Å². The van der Waals surface area contributed by atoms with Crippen molar-refractivity contribution in [3.8, 4) is 0 Å². The van der Waals surface area contributed by atoms with E-state index >= 15 is 0 Å². The summed E-state index contributed by atoms with van der Waals surface area (Å²) in [4.78, 5) is 24.0. The van der Waals surface area contributed by atoms with Gasteiger partial charge in [-0.1, -0.05) is 0 Å². The highest BCUT2D eigenvalue weighted by Crippen LogP contribution is 2.35. The monoisotopic (exact) mass is 339 g/mol. The number of aromatic nitrogens is 2. The van der Waals surface area contributed by atoms with Crippen LogP contribution in [0.3, 0.4) is 0 Å². The van der Waals surface area contributed by atoms with Gasteiger partial charge in [0.25, 0.3) is 0 Å². The zero-order valence-corrected chi connectivity index (χ0v) is 14.3. The van der Waals surface area contributed by atoms with Crippen LogP contribution in [-0.2, 0) is 4.74 Å². The summed E-state index contributed by atoms with van der Waals surface area (Å²) in [6, 6.07) is 9.66. The van der Waals surface area contributed by atoms with Gasteiger partial charge in [0.15, 0.2) is 0 Å². The van der Waals surface area contributed by atoms with Crippen molar-refractivity contribution in [1.29, 1.82) is 0 Å². The number of fused-ring (bicyclic) bond motifs is 1. The van der Waals surface area contributed by atoms with Gasteiger partial charge in [0.05, 0.1) is 18.4 Å². The molecule has 3 heterocycles. The van der Waals surface area contributed by atoms with Crippen molar-refractivity contribution in [1.82, 2.24) is 9.97 Å². The van der Waals surface area contributed by atoms with Crippen molar-refractivity contribution < 1.29 is 9.53 Å². The standard InChI is InChI=1S/C18H17N3O2S/c1-11-19-16(15-7-8-24-17(15)20-11)13-9-21(10-13)14-5-3-12(4-6-14)18(22)23-2/h3-8,13H,9-10H2,1-2H3. The summed E-state index contributed by atoms with van der Waals surface area (Å²) in [5, 5.41) is 3.25. The molecule has 0 atom stereocenters. The van der Waals surface area contributed by atoms with Gasteiger partial charge in [0.2, 0.25) is 0 Å². The van der Waals surface area contributed by atoms with Crippen LogP contribution >= 0.6 is 11.3 Å². The third-order valence-electron chi connectivity index (χ3n) is 4.39. The Bertz CT molecular complexity index is 898. The van der Waals surface area contributed by atoms with Crippen LogP contribution in [0, 0.1) is 6.92 Å². The number of ether oxygens (including phenoxy) is 1. The molecule has 24 heavy (non-hydrogen) atoms.